The number of hydrogen-bond donors (Lipinski definition) is 2. The molecule has 1 aromatic rings. The van der Waals surface area contributed by atoms with E-state index in [1.165, 1.54) is 19.3 Å². The van der Waals surface area contributed by atoms with Gasteiger partial charge in [-0.05, 0) is 25.0 Å². The van der Waals surface area contributed by atoms with Gasteiger partial charge in [0.2, 0.25) is 17.7 Å². The first kappa shape index (κ1) is 23.7. The standard InChI is InChI=1S/C22H35N3O3/c1-3-5-6-7-8-12-15-22(28)25(16-4-2)18-21(27)23-17-20(26)24-19-13-10-9-11-14-19/h9-11,13-14H,3-8,12,15-18H2,1-2H3,(H,23,27)(H,24,26). The summed E-state index contributed by atoms with van der Waals surface area (Å²) in [7, 11) is 0. The predicted molar refractivity (Wildman–Crippen MR) is 113 cm³/mol. The molecule has 0 heterocycles. The smallest absolute Gasteiger partial charge is 0.243 e. The molecule has 28 heavy (non-hydrogen) atoms. The van der Waals surface area contributed by atoms with E-state index in [0.717, 1.165) is 25.7 Å². The molecule has 6 nitrogen and oxygen atoms in total. The lowest BCUT2D eigenvalue weighted by Gasteiger charge is -2.21. The number of nitrogens with zero attached hydrogens (tertiary/aromatic N) is 1. The van der Waals surface area contributed by atoms with E-state index in [1.807, 2.05) is 25.1 Å². The molecule has 0 aliphatic carbocycles. The predicted octanol–water partition coefficient (Wildman–Crippen LogP) is 3.73. The van der Waals surface area contributed by atoms with Crippen LogP contribution in [0.5, 0.6) is 0 Å². The van der Waals surface area contributed by atoms with Crippen LogP contribution >= 0.6 is 0 Å². The van der Waals surface area contributed by atoms with Gasteiger partial charge in [-0.25, -0.2) is 0 Å². The lowest BCUT2D eigenvalue weighted by Crippen LogP contribution is -2.43. The first-order chi connectivity index (χ1) is 13.6. The second-order valence-corrected chi connectivity index (χ2v) is 7.02. The number of amides is 3. The number of nitrogens with one attached hydrogen (secondary N) is 2. The van der Waals surface area contributed by atoms with Gasteiger partial charge in [-0.2, -0.15) is 0 Å². The quantitative estimate of drug-likeness (QED) is 0.476. The number of unbranched alkanes of at least 4 members (excludes halogenated alkanes) is 5. The summed E-state index contributed by atoms with van der Waals surface area (Å²) in [6.07, 6.45) is 8.03. The Balaban J connectivity index is 2.31. The minimum Gasteiger partial charge on any atom is -0.345 e. The number of carbonyl (C=O) groups excluding carboxylic acids is 3. The van der Waals surface area contributed by atoms with Gasteiger partial charge in [-0.3, -0.25) is 14.4 Å². The molecule has 0 radical (unpaired) electrons. The van der Waals surface area contributed by atoms with E-state index in [-0.39, 0.29) is 30.8 Å². The maximum atomic E-state index is 12.4. The van der Waals surface area contributed by atoms with Crippen LogP contribution in [0.3, 0.4) is 0 Å². The van der Waals surface area contributed by atoms with Crippen LogP contribution in [0, 0.1) is 0 Å². The van der Waals surface area contributed by atoms with Gasteiger partial charge in [0.15, 0.2) is 0 Å². The van der Waals surface area contributed by atoms with Crippen molar-refractivity contribution in [3.8, 4) is 0 Å². The maximum absolute atomic E-state index is 12.4. The fraction of sp³-hybridized carbons (Fsp3) is 0.591. The molecule has 0 aliphatic heterocycles. The van der Waals surface area contributed by atoms with Gasteiger partial charge in [0, 0.05) is 18.7 Å². The highest BCUT2D eigenvalue weighted by molar-refractivity contribution is 5.95. The second-order valence-electron chi connectivity index (χ2n) is 7.02. The topological polar surface area (TPSA) is 78.5 Å². The Bertz CT molecular complexity index is 590. The minimum atomic E-state index is -0.312. The number of para-hydroxylation sites is 1. The zero-order chi connectivity index (χ0) is 20.6. The summed E-state index contributed by atoms with van der Waals surface area (Å²) in [5, 5.41) is 5.31. The van der Waals surface area contributed by atoms with E-state index < -0.39 is 0 Å². The molecule has 156 valence electrons. The molecule has 0 bridgehead atoms. The molecule has 0 aromatic heterocycles. The van der Waals surface area contributed by atoms with E-state index in [0.29, 0.717) is 18.7 Å². The van der Waals surface area contributed by atoms with Crippen molar-refractivity contribution in [1.29, 1.82) is 0 Å². The van der Waals surface area contributed by atoms with Crippen LogP contribution in [-0.4, -0.2) is 42.3 Å². The van der Waals surface area contributed by atoms with Gasteiger partial charge in [-0.15, -0.1) is 0 Å². The van der Waals surface area contributed by atoms with E-state index in [9.17, 15) is 14.4 Å². The summed E-state index contributed by atoms with van der Waals surface area (Å²) in [6.45, 7) is 4.61. The van der Waals surface area contributed by atoms with Crippen LogP contribution in [-0.2, 0) is 14.4 Å². The fourth-order valence-corrected chi connectivity index (χ4v) is 2.91. The summed E-state index contributed by atoms with van der Waals surface area (Å²) < 4.78 is 0. The first-order valence-electron chi connectivity index (χ1n) is 10.5. The van der Waals surface area contributed by atoms with Crippen LogP contribution in [0.15, 0.2) is 30.3 Å². The summed E-state index contributed by atoms with van der Waals surface area (Å²) >= 11 is 0. The molecule has 0 saturated carbocycles. The van der Waals surface area contributed by atoms with E-state index in [4.69, 9.17) is 0 Å². The zero-order valence-corrected chi connectivity index (χ0v) is 17.3. The lowest BCUT2D eigenvalue weighted by molar-refractivity contribution is -0.136. The monoisotopic (exact) mass is 389 g/mol. The van der Waals surface area contributed by atoms with Crippen LogP contribution in [0.25, 0.3) is 0 Å². The largest absolute Gasteiger partial charge is 0.345 e. The summed E-state index contributed by atoms with van der Waals surface area (Å²) in [5.41, 5.74) is 0.684. The van der Waals surface area contributed by atoms with E-state index in [2.05, 4.69) is 17.6 Å². The highest BCUT2D eigenvalue weighted by Crippen LogP contribution is 2.09. The number of rotatable bonds is 14. The summed E-state index contributed by atoms with van der Waals surface area (Å²) in [6, 6.07) is 9.08. The number of carbonyl (C=O) groups is 3. The van der Waals surface area contributed by atoms with Crippen LogP contribution < -0.4 is 10.6 Å². The minimum absolute atomic E-state index is 0.00112. The highest BCUT2D eigenvalue weighted by atomic mass is 16.2. The molecule has 1 aromatic carbocycles. The number of hydrogen-bond acceptors (Lipinski definition) is 3. The molecule has 0 fully saturated rings. The van der Waals surface area contributed by atoms with Crippen molar-refractivity contribution in [3.05, 3.63) is 30.3 Å². The third-order valence-corrected chi connectivity index (χ3v) is 4.43. The SMILES string of the molecule is CCCCCCCCC(=O)N(CCC)CC(=O)NCC(=O)Nc1ccccc1. The molecular weight excluding hydrogens is 354 g/mol. The Kier molecular flexibility index (Phi) is 12.4. The lowest BCUT2D eigenvalue weighted by atomic mass is 10.1. The van der Waals surface area contributed by atoms with Gasteiger partial charge in [0.05, 0.1) is 13.1 Å². The Hall–Kier alpha value is -2.37. The molecule has 0 spiro atoms. The molecule has 0 aliphatic rings. The van der Waals surface area contributed by atoms with Crippen molar-refractivity contribution in [1.82, 2.24) is 10.2 Å². The third kappa shape index (κ3) is 10.7. The van der Waals surface area contributed by atoms with E-state index >= 15 is 0 Å². The molecule has 6 heteroatoms. The van der Waals surface area contributed by atoms with Crippen molar-refractivity contribution in [3.63, 3.8) is 0 Å². The van der Waals surface area contributed by atoms with Crippen molar-refractivity contribution < 1.29 is 14.4 Å². The van der Waals surface area contributed by atoms with Crippen molar-refractivity contribution in [2.45, 2.75) is 65.2 Å². The molecule has 0 saturated heterocycles. The van der Waals surface area contributed by atoms with Crippen molar-refractivity contribution in [2.24, 2.45) is 0 Å². The van der Waals surface area contributed by atoms with E-state index in [1.54, 1.807) is 17.0 Å². The van der Waals surface area contributed by atoms with Gasteiger partial charge in [0.25, 0.3) is 0 Å². The molecular formula is C22H35N3O3. The second kappa shape index (κ2) is 14.7. The summed E-state index contributed by atoms with van der Waals surface area (Å²) in [4.78, 5) is 38.1. The third-order valence-electron chi connectivity index (χ3n) is 4.43. The maximum Gasteiger partial charge on any atom is 0.243 e. The summed E-state index contributed by atoms with van der Waals surface area (Å²) in [5.74, 6) is -0.589. The molecule has 1 rings (SSSR count). The van der Waals surface area contributed by atoms with Crippen LogP contribution in [0.2, 0.25) is 0 Å². The van der Waals surface area contributed by atoms with Crippen molar-refractivity contribution >= 4 is 23.4 Å². The van der Waals surface area contributed by atoms with Crippen molar-refractivity contribution in [2.75, 3.05) is 25.0 Å². The Labute approximate surface area is 169 Å². The van der Waals surface area contributed by atoms with Gasteiger partial charge < -0.3 is 15.5 Å². The molecule has 2 N–H and O–H groups in total. The number of benzene rings is 1. The molecule has 0 unspecified atom stereocenters. The van der Waals surface area contributed by atoms with Gasteiger partial charge >= 0.3 is 0 Å². The average Bonchev–Trinajstić information content (AvgIpc) is 2.69. The Morgan fingerprint density at radius 3 is 2.21 bits per heavy atom. The average molecular weight is 390 g/mol. The van der Waals surface area contributed by atoms with Gasteiger partial charge in [-0.1, -0.05) is 64.2 Å². The fourth-order valence-electron chi connectivity index (χ4n) is 2.91. The highest BCUT2D eigenvalue weighted by Gasteiger charge is 2.16. The first-order valence-corrected chi connectivity index (χ1v) is 10.5. The normalized spacial score (nSPS) is 10.4. The van der Waals surface area contributed by atoms with Crippen LogP contribution in [0.4, 0.5) is 5.69 Å². The number of anilines is 1. The van der Waals surface area contributed by atoms with Gasteiger partial charge in [0.1, 0.15) is 0 Å². The molecule has 3 amide bonds. The Morgan fingerprint density at radius 2 is 1.54 bits per heavy atom. The van der Waals surface area contributed by atoms with Crippen LogP contribution in [0.1, 0.15) is 65.2 Å². The zero-order valence-electron chi connectivity index (χ0n) is 17.3. The molecule has 0 atom stereocenters. The Morgan fingerprint density at radius 1 is 0.857 bits per heavy atom.